The molecular formula is C16H14ClN3O3S. The minimum Gasteiger partial charge on any atom is -0.339 e. The highest BCUT2D eigenvalue weighted by atomic mass is 35.5. The molecule has 1 N–H and O–H groups in total. The fourth-order valence-electron chi connectivity index (χ4n) is 2.17. The first-order valence-electron chi connectivity index (χ1n) is 7.04. The lowest BCUT2D eigenvalue weighted by Crippen LogP contribution is -2.09. The zero-order valence-electron chi connectivity index (χ0n) is 12.7. The highest BCUT2D eigenvalue weighted by Crippen LogP contribution is 2.20. The molecule has 0 aliphatic rings. The van der Waals surface area contributed by atoms with Crippen LogP contribution in [0.3, 0.4) is 0 Å². The van der Waals surface area contributed by atoms with Gasteiger partial charge in [-0.15, -0.1) is 0 Å². The number of nitrogens with one attached hydrogen (secondary N) is 1. The average Bonchev–Trinajstić information content (AvgIpc) is 2.95. The van der Waals surface area contributed by atoms with Crippen LogP contribution in [0.2, 0.25) is 5.02 Å². The van der Waals surface area contributed by atoms with E-state index in [1.54, 1.807) is 30.3 Å². The molecule has 0 unspecified atom stereocenters. The Morgan fingerprint density at radius 3 is 2.58 bits per heavy atom. The van der Waals surface area contributed by atoms with Crippen LogP contribution in [0.25, 0.3) is 11.4 Å². The molecule has 2 aromatic carbocycles. The fraction of sp³-hybridized carbons (Fsp3) is 0.125. The van der Waals surface area contributed by atoms with Gasteiger partial charge in [0.25, 0.3) is 0 Å². The van der Waals surface area contributed by atoms with Crippen LogP contribution in [0.4, 0.5) is 5.69 Å². The number of nitrogens with zero attached hydrogens (tertiary/aromatic N) is 2. The van der Waals surface area contributed by atoms with Crippen molar-refractivity contribution in [3.63, 3.8) is 0 Å². The van der Waals surface area contributed by atoms with E-state index in [0.717, 1.165) is 17.4 Å². The van der Waals surface area contributed by atoms with Gasteiger partial charge in [-0.25, -0.2) is 8.42 Å². The Hall–Kier alpha value is -2.38. The minimum atomic E-state index is -3.30. The molecular weight excluding hydrogens is 350 g/mol. The number of hydrogen-bond acceptors (Lipinski definition) is 5. The number of anilines is 1. The van der Waals surface area contributed by atoms with E-state index in [4.69, 9.17) is 16.1 Å². The summed E-state index contributed by atoms with van der Waals surface area (Å²) in [6, 6.07) is 14.2. The van der Waals surface area contributed by atoms with Crippen LogP contribution >= 0.6 is 11.6 Å². The van der Waals surface area contributed by atoms with Gasteiger partial charge < -0.3 is 4.52 Å². The van der Waals surface area contributed by atoms with Gasteiger partial charge in [-0.05, 0) is 42.0 Å². The molecule has 3 aromatic rings. The van der Waals surface area contributed by atoms with E-state index in [1.165, 1.54) is 0 Å². The molecule has 0 fully saturated rings. The summed E-state index contributed by atoms with van der Waals surface area (Å²) in [5, 5.41) is 4.61. The lowest BCUT2D eigenvalue weighted by Gasteiger charge is -2.03. The zero-order chi connectivity index (χ0) is 17.2. The molecule has 1 heterocycles. The topological polar surface area (TPSA) is 85.1 Å². The van der Waals surface area contributed by atoms with Gasteiger partial charge in [-0.2, -0.15) is 4.98 Å². The molecule has 24 heavy (non-hydrogen) atoms. The summed E-state index contributed by atoms with van der Waals surface area (Å²) >= 11 is 5.96. The lowest BCUT2D eigenvalue weighted by atomic mass is 10.1. The second kappa shape index (κ2) is 6.62. The van der Waals surface area contributed by atoms with Crippen LogP contribution in [0.1, 0.15) is 11.5 Å². The van der Waals surface area contributed by atoms with E-state index in [2.05, 4.69) is 14.9 Å². The maximum atomic E-state index is 11.2. The van der Waals surface area contributed by atoms with Crippen molar-refractivity contribution in [2.45, 2.75) is 6.42 Å². The molecule has 0 atom stereocenters. The third kappa shape index (κ3) is 4.33. The van der Waals surface area contributed by atoms with Gasteiger partial charge in [0, 0.05) is 16.3 Å². The normalized spacial score (nSPS) is 11.4. The zero-order valence-corrected chi connectivity index (χ0v) is 14.3. The SMILES string of the molecule is CS(=O)(=O)Nc1ccc(-c2noc(Cc3cccc(Cl)c3)n2)cc1. The molecule has 0 spiro atoms. The third-order valence-corrected chi connectivity index (χ3v) is 4.00. The van der Waals surface area contributed by atoms with E-state index in [9.17, 15) is 8.42 Å². The summed E-state index contributed by atoms with van der Waals surface area (Å²) in [5.41, 5.74) is 2.18. The summed E-state index contributed by atoms with van der Waals surface area (Å²) < 4.78 is 30.0. The third-order valence-electron chi connectivity index (χ3n) is 3.16. The predicted octanol–water partition coefficient (Wildman–Crippen LogP) is 3.35. The molecule has 8 heteroatoms. The minimum absolute atomic E-state index is 0.443. The molecule has 0 saturated heterocycles. The number of aromatic nitrogens is 2. The standard InChI is InChI=1S/C16H14ClN3O3S/c1-24(21,22)20-14-7-5-12(6-8-14)16-18-15(23-19-16)10-11-3-2-4-13(17)9-11/h2-9,20H,10H2,1H3. The van der Waals surface area contributed by atoms with Gasteiger partial charge in [0.05, 0.1) is 12.7 Å². The van der Waals surface area contributed by atoms with Crippen molar-refractivity contribution in [2.24, 2.45) is 0 Å². The monoisotopic (exact) mass is 363 g/mol. The lowest BCUT2D eigenvalue weighted by molar-refractivity contribution is 0.385. The number of benzene rings is 2. The molecule has 1 aromatic heterocycles. The molecule has 0 saturated carbocycles. The highest BCUT2D eigenvalue weighted by Gasteiger charge is 2.10. The van der Waals surface area contributed by atoms with Crippen LogP contribution in [0.15, 0.2) is 53.1 Å². The van der Waals surface area contributed by atoms with Gasteiger partial charge in [0.15, 0.2) is 0 Å². The first-order chi connectivity index (χ1) is 11.4. The van der Waals surface area contributed by atoms with Crippen molar-refractivity contribution >= 4 is 27.3 Å². The van der Waals surface area contributed by atoms with Crippen LogP contribution < -0.4 is 4.72 Å². The Balaban J connectivity index is 1.75. The van der Waals surface area contributed by atoms with Crippen molar-refractivity contribution in [2.75, 3.05) is 11.0 Å². The van der Waals surface area contributed by atoms with Gasteiger partial charge in [-0.1, -0.05) is 28.9 Å². The summed E-state index contributed by atoms with van der Waals surface area (Å²) in [6.07, 6.45) is 1.59. The van der Waals surface area contributed by atoms with Crippen molar-refractivity contribution < 1.29 is 12.9 Å². The van der Waals surface area contributed by atoms with E-state index in [-0.39, 0.29) is 0 Å². The second-order valence-electron chi connectivity index (χ2n) is 5.27. The number of sulfonamides is 1. The summed E-state index contributed by atoms with van der Waals surface area (Å²) in [7, 11) is -3.30. The number of hydrogen-bond donors (Lipinski definition) is 1. The molecule has 0 amide bonds. The van der Waals surface area contributed by atoms with Gasteiger partial charge in [0.2, 0.25) is 21.7 Å². The van der Waals surface area contributed by atoms with E-state index < -0.39 is 10.0 Å². The van der Waals surface area contributed by atoms with Crippen LogP contribution in [-0.4, -0.2) is 24.8 Å². The maximum Gasteiger partial charge on any atom is 0.231 e. The molecule has 6 nitrogen and oxygen atoms in total. The molecule has 3 rings (SSSR count). The van der Waals surface area contributed by atoms with E-state index in [1.807, 2.05) is 18.2 Å². The van der Waals surface area contributed by atoms with Crippen LogP contribution in [-0.2, 0) is 16.4 Å². The van der Waals surface area contributed by atoms with Gasteiger partial charge in [0.1, 0.15) is 0 Å². The van der Waals surface area contributed by atoms with Gasteiger partial charge in [-0.3, -0.25) is 4.72 Å². The number of rotatable bonds is 5. The number of halogens is 1. The van der Waals surface area contributed by atoms with Crippen LogP contribution in [0.5, 0.6) is 0 Å². The Morgan fingerprint density at radius 2 is 1.92 bits per heavy atom. The molecule has 0 aliphatic carbocycles. The smallest absolute Gasteiger partial charge is 0.231 e. The maximum absolute atomic E-state index is 11.2. The summed E-state index contributed by atoms with van der Waals surface area (Å²) in [6.45, 7) is 0. The van der Waals surface area contributed by atoms with Crippen LogP contribution in [0, 0.1) is 0 Å². The molecule has 124 valence electrons. The van der Waals surface area contributed by atoms with Gasteiger partial charge >= 0.3 is 0 Å². The highest BCUT2D eigenvalue weighted by molar-refractivity contribution is 7.92. The van der Waals surface area contributed by atoms with Crippen molar-refractivity contribution in [1.29, 1.82) is 0 Å². The van der Waals surface area contributed by atoms with E-state index in [0.29, 0.717) is 28.8 Å². The average molecular weight is 364 g/mol. The first-order valence-corrected chi connectivity index (χ1v) is 9.31. The quantitative estimate of drug-likeness (QED) is 0.751. The molecule has 0 radical (unpaired) electrons. The van der Waals surface area contributed by atoms with Crippen molar-refractivity contribution in [3.8, 4) is 11.4 Å². The largest absolute Gasteiger partial charge is 0.339 e. The summed E-state index contributed by atoms with van der Waals surface area (Å²) in [4.78, 5) is 4.35. The Labute approximate surface area is 144 Å². The van der Waals surface area contributed by atoms with Crippen molar-refractivity contribution in [3.05, 3.63) is 65.0 Å². The first kappa shape index (κ1) is 16.5. The van der Waals surface area contributed by atoms with Crippen molar-refractivity contribution in [1.82, 2.24) is 10.1 Å². The second-order valence-corrected chi connectivity index (χ2v) is 7.45. The summed E-state index contributed by atoms with van der Waals surface area (Å²) in [5.74, 6) is 0.920. The Kier molecular flexibility index (Phi) is 4.55. The predicted molar refractivity (Wildman–Crippen MR) is 92.5 cm³/mol. The molecule has 0 aliphatic heterocycles. The molecule has 0 bridgehead atoms. The fourth-order valence-corrected chi connectivity index (χ4v) is 2.94. The van der Waals surface area contributed by atoms with E-state index >= 15 is 0 Å². The Bertz CT molecular complexity index is 953. The Morgan fingerprint density at radius 1 is 1.17 bits per heavy atom.